The lowest BCUT2D eigenvalue weighted by molar-refractivity contribution is -0.141. The van der Waals surface area contributed by atoms with Crippen LogP contribution in [0.5, 0.6) is 0 Å². The van der Waals surface area contributed by atoms with E-state index in [4.69, 9.17) is 5.11 Å². The summed E-state index contributed by atoms with van der Waals surface area (Å²) in [4.78, 5) is 24.0. The third-order valence-electron chi connectivity index (χ3n) is 3.26. The molecule has 0 aliphatic carbocycles. The summed E-state index contributed by atoms with van der Waals surface area (Å²) in [5, 5.41) is 8.84. The van der Waals surface area contributed by atoms with Crippen LogP contribution >= 0.6 is 0 Å². The third-order valence-corrected chi connectivity index (χ3v) is 3.26. The van der Waals surface area contributed by atoms with Crippen molar-refractivity contribution >= 4 is 11.9 Å². The Balaban J connectivity index is 2.02. The van der Waals surface area contributed by atoms with Gasteiger partial charge in [0.2, 0.25) is 5.91 Å². The van der Waals surface area contributed by atoms with Gasteiger partial charge in [0.15, 0.2) is 11.6 Å². The van der Waals surface area contributed by atoms with Gasteiger partial charge in [0, 0.05) is 18.7 Å². The van der Waals surface area contributed by atoms with Crippen molar-refractivity contribution in [3.05, 3.63) is 35.4 Å². The van der Waals surface area contributed by atoms with Gasteiger partial charge >= 0.3 is 5.97 Å². The molecule has 19 heavy (non-hydrogen) atoms. The summed E-state index contributed by atoms with van der Waals surface area (Å²) in [5.74, 6) is -3.90. The summed E-state index contributed by atoms with van der Waals surface area (Å²) in [7, 11) is 0. The minimum Gasteiger partial charge on any atom is -0.481 e. The Hall–Kier alpha value is -1.98. The highest BCUT2D eigenvalue weighted by molar-refractivity contribution is 5.80. The number of rotatable bonds is 3. The molecule has 1 N–H and O–H groups in total. The van der Waals surface area contributed by atoms with E-state index in [1.807, 2.05) is 0 Å². The third kappa shape index (κ3) is 2.89. The lowest BCUT2D eigenvalue weighted by atomic mass is 10.1. The number of benzene rings is 1. The second kappa shape index (κ2) is 5.34. The number of hydrogen-bond donors (Lipinski definition) is 1. The maximum Gasteiger partial charge on any atom is 0.308 e. The average Bonchev–Trinajstić information content (AvgIpc) is 2.84. The van der Waals surface area contributed by atoms with Crippen molar-refractivity contribution in [3.63, 3.8) is 0 Å². The first kappa shape index (κ1) is 13.5. The Kier molecular flexibility index (Phi) is 3.78. The maximum absolute atomic E-state index is 13.4. The highest BCUT2D eigenvalue weighted by Gasteiger charge is 2.31. The molecule has 6 heteroatoms. The number of hydrogen-bond acceptors (Lipinski definition) is 2. The van der Waals surface area contributed by atoms with E-state index in [1.165, 1.54) is 17.0 Å². The summed E-state index contributed by atoms with van der Waals surface area (Å²) in [6.07, 6.45) is 0.142. The van der Waals surface area contributed by atoms with Crippen LogP contribution in [0.2, 0.25) is 0 Å². The summed E-state index contributed by atoms with van der Waals surface area (Å²) in [6.45, 7) is 0.470. The predicted octanol–water partition coefficient (Wildman–Crippen LogP) is 1.44. The Morgan fingerprint density at radius 1 is 1.37 bits per heavy atom. The van der Waals surface area contributed by atoms with Crippen LogP contribution in [0.25, 0.3) is 0 Å². The van der Waals surface area contributed by atoms with Gasteiger partial charge in [0.25, 0.3) is 0 Å². The number of carboxylic acids is 1. The van der Waals surface area contributed by atoms with Gasteiger partial charge < -0.3 is 10.0 Å². The van der Waals surface area contributed by atoms with Gasteiger partial charge in [0.1, 0.15) is 0 Å². The predicted molar refractivity (Wildman–Crippen MR) is 62.4 cm³/mol. The van der Waals surface area contributed by atoms with Crippen molar-refractivity contribution in [1.82, 2.24) is 4.90 Å². The minimum absolute atomic E-state index is 0.0104. The van der Waals surface area contributed by atoms with Gasteiger partial charge in [0.05, 0.1) is 12.3 Å². The molecule has 0 saturated carbocycles. The van der Waals surface area contributed by atoms with E-state index in [0.717, 1.165) is 6.07 Å². The van der Waals surface area contributed by atoms with E-state index in [-0.39, 0.29) is 24.4 Å². The number of amides is 1. The molecule has 1 aromatic carbocycles. The van der Waals surface area contributed by atoms with Crippen molar-refractivity contribution in [1.29, 1.82) is 0 Å². The van der Waals surface area contributed by atoms with Gasteiger partial charge in [-0.2, -0.15) is 0 Å². The van der Waals surface area contributed by atoms with E-state index < -0.39 is 23.5 Å². The number of carboxylic acid groups (broad SMARTS) is 1. The lowest BCUT2D eigenvalue weighted by Crippen LogP contribution is -2.31. The first-order chi connectivity index (χ1) is 8.99. The molecule has 1 amide bonds. The summed E-state index contributed by atoms with van der Waals surface area (Å²) >= 11 is 0. The fourth-order valence-electron chi connectivity index (χ4n) is 2.15. The number of aliphatic carboxylic acids is 1. The van der Waals surface area contributed by atoms with Gasteiger partial charge in [-0.25, -0.2) is 8.78 Å². The summed E-state index contributed by atoms with van der Waals surface area (Å²) < 4.78 is 26.4. The number of likely N-dealkylation sites (tertiary alicyclic amines) is 1. The Bertz CT molecular complexity index is 519. The fourth-order valence-corrected chi connectivity index (χ4v) is 2.15. The molecule has 1 saturated heterocycles. The molecular weight excluding hydrogens is 256 g/mol. The van der Waals surface area contributed by atoms with E-state index in [0.29, 0.717) is 13.0 Å². The zero-order chi connectivity index (χ0) is 14.0. The first-order valence-corrected chi connectivity index (χ1v) is 5.92. The van der Waals surface area contributed by atoms with Crippen LogP contribution in [-0.2, 0) is 16.0 Å². The van der Waals surface area contributed by atoms with Gasteiger partial charge in [-0.05, 0) is 12.5 Å². The molecule has 1 heterocycles. The van der Waals surface area contributed by atoms with Crippen molar-refractivity contribution in [3.8, 4) is 0 Å². The second-order valence-electron chi connectivity index (χ2n) is 4.55. The molecule has 0 spiro atoms. The first-order valence-electron chi connectivity index (χ1n) is 5.92. The Morgan fingerprint density at radius 3 is 2.74 bits per heavy atom. The molecule has 2 rings (SSSR count). The summed E-state index contributed by atoms with van der Waals surface area (Å²) in [5.41, 5.74) is -0.0104. The van der Waals surface area contributed by atoms with Crippen LogP contribution in [-0.4, -0.2) is 35.0 Å². The van der Waals surface area contributed by atoms with Gasteiger partial charge in [-0.3, -0.25) is 9.59 Å². The van der Waals surface area contributed by atoms with E-state index in [9.17, 15) is 18.4 Å². The van der Waals surface area contributed by atoms with Crippen molar-refractivity contribution in [2.45, 2.75) is 12.8 Å². The molecule has 1 aliphatic rings. The largest absolute Gasteiger partial charge is 0.481 e. The van der Waals surface area contributed by atoms with Crippen LogP contribution in [0.4, 0.5) is 8.78 Å². The molecule has 0 unspecified atom stereocenters. The van der Waals surface area contributed by atoms with E-state index >= 15 is 0 Å². The van der Waals surface area contributed by atoms with Crippen molar-refractivity contribution in [2.24, 2.45) is 5.92 Å². The molecule has 1 atom stereocenters. The standard InChI is InChI=1S/C13H13F2NO3/c14-10-3-1-2-8(12(10)15)6-11(17)16-5-4-9(7-16)13(18)19/h1-3,9H,4-7H2,(H,18,19)/t9-/m1/s1. The molecule has 4 nitrogen and oxygen atoms in total. The smallest absolute Gasteiger partial charge is 0.308 e. The minimum atomic E-state index is -1.02. The summed E-state index contributed by atoms with van der Waals surface area (Å²) in [6, 6.07) is 3.67. The van der Waals surface area contributed by atoms with Crippen LogP contribution < -0.4 is 0 Å². The quantitative estimate of drug-likeness (QED) is 0.903. The molecular formula is C13H13F2NO3. The normalized spacial score (nSPS) is 18.6. The number of halogens is 2. The number of carbonyl (C=O) groups excluding carboxylic acids is 1. The molecule has 1 aromatic rings. The maximum atomic E-state index is 13.4. The van der Waals surface area contributed by atoms with Crippen LogP contribution in [0.15, 0.2) is 18.2 Å². The topological polar surface area (TPSA) is 57.6 Å². The van der Waals surface area contributed by atoms with Crippen LogP contribution in [0, 0.1) is 17.6 Å². The molecule has 0 aromatic heterocycles. The van der Waals surface area contributed by atoms with Crippen molar-refractivity contribution < 1.29 is 23.5 Å². The number of carbonyl (C=O) groups is 2. The molecule has 1 aliphatic heterocycles. The molecule has 0 bridgehead atoms. The zero-order valence-electron chi connectivity index (χ0n) is 10.1. The van der Waals surface area contributed by atoms with Crippen LogP contribution in [0.3, 0.4) is 0 Å². The lowest BCUT2D eigenvalue weighted by Gasteiger charge is -2.16. The second-order valence-corrected chi connectivity index (χ2v) is 4.55. The Labute approximate surface area is 108 Å². The van der Waals surface area contributed by atoms with Gasteiger partial charge in [-0.15, -0.1) is 0 Å². The van der Waals surface area contributed by atoms with Crippen molar-refractivity contribution in [2.75, 3.05) is 13.1 Å². The molecule has 1 fully saturated rings. The SMILES string of the molecule is O=C(O)[C@@H]1CCN(C(=O)Cc2cccc(F)c2F)C1. The van der Waals surface area contributed by atoms with E-state index in [1.54, 1.807) is 0 Å². The monoisotopic (exact) mass is 269 g/mol. The van der Waals surface area contributed by atoms with Gasteiger partial charge in [-0.1, -0.05) is 12.1 Å². The van der Waals surface area contributed by atoms with Crippen LogP contribution in [0.1, 0.15) is 12.0 Å². The molecule has 102 valence electrons. The average molecular weight is 269 g/mol. The fraction of sp³-hybridized carbons (Fsp3) is 0.385. The zero-order valence-corrected chi connectivity index (χ0v) is 10.1. The Morgan fingerprint density at radius 2 is 2.11 bits per heavy atom. The van der Waals surface area contributed by atoms with E-state index in [2.05, 4.69) is 0 Å². The highest BCUT2D eigenvalue weighted by atomic mass is 19.2. The highest BCUT2D eigenvalue weighted by Crippen LogP contribution is 2.19. The molecule has 0 radical (unpaired) electrons. The number of nitrogens with zero attached hydrogens (tertiary/aromatic N) is 1.